The predicted octanol–water partition coefficient (Wildman–Crippen LogP) is -2.59. The molecule has 18 nitrogen and oxygen atoms in total. The summed E-state index contributed by atoms with van der Waals surface area (Å²) in [6, 6.07) is 6.39. The lowest BCUT2D eigenvalue weighted by Crippen LogP contribution is -2.61. The lowest BCUT2D eigenvalue weighted by molar-refractivity contribution is -0.276. The molecule has 0 spiro atoms. The summed E-state index contributed by atoms with van der Waals surface area (Å²) in [6.45, 7) is 0. The summed E-state index contributed by atoms with van der Waals surface area (Å²) in [7, 11) is 0. The van der Waals surface area contributed by atoms with E-state index in [2.05, 4.69) is 0 Å². The zero-order valence-electron chi connectivity index (χ0n) is 22.5. The van der Waals surface area contributed by atoms with Crippen molar-refractivity contribution >= 4 is 22.9 Å². The number of carboxylic acids is 2. The summed E-state index contributed by atoms with van der Waals surface area (Å²) in [5, 5.41) is 99.7. The van der Waals surface area contributed by atoms with E-state index in [1.54, 1.807) is 0 Å². The maximum Gasteiger partial charge on any atom is 0.335 e. The topological polar surface area (TPSA) is 304 Å². The van der Waals surface area contributed by atoms with E-state index in [-0.39, 0.29) is 22.3 Å². The van der Waals surface area contributed by atoms with Gasteiger partial charge in [-0.2, -0.15) is 0 Å². The lowest BCUT2D eigenvalue weighted by Gasteiger charge is -2.39. The summed E-state index contributed by atoms with van der Waals surface area (Å²) in [5.74, 6) is -5.52. The van der Waals surface area contributed by atoms with Crippen LogP contribution in [-0.2, 0) is 19.1 Å². The summed E-state index contributed by atoms with van der Waals surface area (Å²) in [5.41, 5.74) is -0.940. The molecule has 5 rings (SSSR count). The number of aliphatic hydroxyl groups is 6. The van der Waals surface area contributed by atoms with Crippen molar-refractivity contribution in [1.29, 1.82) is 0 Å². The van der Waals surface area contributed by atoms with Gasteiger partial charge in [-0.1, -0.05) is 0 Å². The van der Waals surface area contributed by atoms with Crippen LogP contribution in [0.4, 0.5) is 0 Å². The third-order valence-corrected chi connectivity index (χ3v) is 7.14. The van der Waals surface area contributed by atoms with Crippen molar-refractivity contribution in [3.63, 3.8) is 0 Å². The van der Waals surface area contributed by atoms with Crippen LogP contribution in [0, 0.1) is 0 Å². The van der Waals surface area contributed by atoms with Crippen molar-refractivity contribution in [2.24, 2.45) is 0 Å². The van der Waals surface area contributed by atoms with E-state index in [9.17, 15) is 65.4 Å². The maximum absolute atomic E-state index is 12.8. The number of benzene rings is 2. The van der Waals surface area contributed by atoms with Crippen molar-refractivity contribution in [1.82, 2.24) is 0 Å². The Morgan fingerprint density at radius 2 is 1.20 bits per heavy atom. The van der Waals surface area contributed by atoms with E-state index in [1.807, 2.05) is 0 Å². The van der Waals surface area contributed by atoms with Gasteiger partial charge < -0.3 is 74.4 Å². The molecule has 0 bridgehead atoms. The zero-order valence-corrected chi connectivity index (χ0v) is 22.5. The summed E-state index contributed by atoms with van der Waals surface area (Å²) < 4.78 is 27.1. The van der Waals surface area contributed by atoms with Gasteiger partial charge in [0.15, 0.2) is 29.1 Å². The van der Waals surface area contributed by atoms with Gasteiger partial charge in [-0.3, -0.25) is 4.79 Å². The number of ether oxygens (including phenoxy) is 4. The molecule has 18 heteroatoms. The number of hydrogen-bond donors (Lipinski definition) is 10. The first-order chi connectivity index (χ1) is 21.2. The Bertz CT molecular complexity index is 1670. The molecule has 45 heavy (non-hydrogen) atoms. The molecular formula is C27H26O18. The summed E-state index contributed by atoms with van der Waals surface area (Å²) in [6.07, 6.45) is -20.4. The van der Waals surface area contributed by atoms with Crippen molar-refractivity contribution in [3.8, 4) is 34.3 Å². The van der Waals surface area contributed by atoms with Crippen LogP contribution in [0.2, 0.25) is 0 Å². The van der Waals surface area contributed by atoms with E-state index in [0.29, 0.717) is 0 Å². The second kappa shape index (κ2) is 12.1. The minimum Gasteiger partial charge on any atom is -0.508 e. The molecule has 0 amide bonds. The largest absolute Gasteiger partial charge is 0.508 e. The highest BCUT2D eigenvalue weighted by molar-refractivity contribution is 5.86. The second-order valence-corrected chi connectivity index (χ2v) is 10.2. The number of phenolic OH excluding ortho intramolecular Hbond substituents is 2. The van der Waals surface area contributed by atoms with Crippen LogP contribution in [0.25, 0.3) is 22.3 Å². The number of rotatable bonds is 7. The quantitative estimate of drug-likeness (QED) is 0.127. The smallest absolute Gasteiger partial charge is 0.335 e. The number of carbonyl (C=O) groups is 2. The van der Waals surface area contributed by atoms with Gasteiger partial charge >= 0.3 is 11.9 Å². The Morgan fingerprint density at radius 3 is 1.73 bits per heavy atom. The average molecular weight is 638 g/mol. The van der Waals surface area contributed by atoms with Gasteiger partial charge in [-0.15, -0.1) is 0 Å². The van der Waals surface area contributed by atoms with Crippen molar-refractivity contribution in [3.05, 3.63) is 46.6 Å². The number of aliphatic carboxylic acids is 2. The van der Waals surface area contributed by atoms with Gasteiger partial charge in [-0.25, -0.2) is 9.59 Å². The molecule has 2 aliphatic rings. The molecule has 3 heterocycles. The first kappa shape index (κ1) is 31.9. The monoisotopic (exact) mass is 638 g/mol. The number of fused-ring (bicyclic) bond motifs is 1. The summed E-state index contributed by atoms with van der Waals surface area (Å²) >= 11 is 0. The first-order valence-corrected chi connectivity index (χ1v) is 13.0. The molecule has 10 N–H and O–H groups in total. The molecule has 0 aliphatic carbocycles. The Morgan fingerprint density at radius 1 is 0.667 bits per heavy atom. The fraction of sp³-hybridized carbons (Fsp3) is 0.370. The third kappa shape index (κ3) is 5.95. The Balaban J connectivity index is 1.57. The van der Waals surface area contributed by atoms with E-state index < -0.39 is 102 Å². The lowest BCUT2D eigenvalue weighted by atomic mass is 9.99. The fourth-order valence-corrected chi connectivity index (χ4v) is 4.80. The number of hydrogen-bond acceptors (Lipinski definition) is 16. The van der Waals surface area contributed by atoms with Gasteiger partial charge in [0.05, 0.1) is 0 Å². The molecule has 5 unspecified atom stereocenters. The minimum absolute atomic E-state index is 0.0174. The molecule has 0 saturated carbocycles. The molecule has 3 aromatic rings. The van der Waals surface area contributed by atoms with Gasteiger partial charge in [0, 0.05) is 23.8 Å². The number of aliphatic hydroxyl groups excluding tert-OH is 6. The van der Waals surface area contributed by atoms with Gasteiger partial charge in [0.2, 0.25) is 12.6 Å². The van der Waals surface area contributed by atoms with E-state index >= 15 is 0 Å². The normalized spacial score (nSPS) is 31.8. The van der Waals surface area contributed by atoms with E-state index in [4.69, 9.17) is 23.4 Å². The fourth-order valence-electron chi connectivity index (χ4n) is 4.80. The molecular weight excluding hydrogens is 612 g/mol. The van der Waals surface area contributed by atoms with Gasteiger partial charge in [0.1, 0.15) is 64.9 Å². The highest BCUT2D eigenvalue weighted by atomic mass is 16.7. The van der Waals surface area contributed by atoms with Crippen LogP contribution in [-0.4, -0.2) is 124 Å². The summed E-state index contributed by atoms with van der Waals surface area (Å²) in [4.78, 5) is 35.9. The molecule has 2 aliphatic heterocycles. The highest BCUT2D eigenvalue weighted by Gasteiger charge is 2.50. The molecule has 2 saturated heterocycles. The Labute approximate surface area is 249 Å². The van der Waals surface area contributed by atoms with E-state index in [0.717, 1.165) is 30.3 Å². The van der Waals surface area contributed by atoms with Crippen LogP contribution in [0.1, 0.15) is 0 Å². The molecule has 1 aromatic heterocycles. The Kier molecular flexibility index (Phi) is 8.58. The maximum atomic E-state index is 12.8. The highest BCUT2D eigenvalue weighted by Crippen LogP contribution is 2.38. The second-order valence-electron chi connectivity index (χ2n) is 10.2. The molecule has 0 radical (unpaired) electrons. The van der Waals surface area contributed by atoms with Crippen molar-refractivity contribution < 1.29 is 84.0 Å². The van der Waals surface area contributed by atoms with Crippen molar-refractivity contribution in [2.45, 2.75) is 61.4 Å². The van der Waals surface area contributed by atoms with Crippen LogP contribution < -0.4 is 14.9 Å². The van der Waals surface area contributed by atoms with Crippen LogP contribution >= 0.6 is 0 Å². The minimum atomic E-state index is -2.08. The SMILES string of the molecule is O=C(O)C1O[C@@H](Oc2ccc(-c3cc(=O)c4c(O)cc(O)cc4o3)cc2O[C@@H]2OC(C(=O)O)[C@H](O)[C@H](O)C2O)C(O)C(O)[C@H]1O. The number of phenols is 2. The molecule has 2 aromatic carbocycles. The van der Waals surface area contributed by atoms with E-state index in [1.165, 1.54) is 6.07 Å². The first-order valence-electron chi connectivity index (χ1n) is 13.0. The number of aromatic hydroxyl groups is 2. The molecule has 2 fully saturated rings. The van der Waals surface area contributed by atoms with Crippen LogP contribution in [0.5, 0.6) is 23.0 Å². The van der Waals surface area contributed by atoms with Gasteiger partial charge in [0.25, 0.3) is 0 Å². The van der Waals surface area contributed by atoms with Gasteiger partial charge in [-0.05, 0) is 18.2 Å². The number of carboxylic acid groups (broad SMARTS) is 2. The predicted molar refractivity (Wildman–Crippen MR) is 141 cm³/mol. The Hall–Kier alpha value is -4.53. The molecule has 242 valence electrons. The zero-order chi connectivity index (χ0) is 32.9. The average Bonchev–Trinajstić information content (AvgIpc) is 2.97. The van der Waals surface area contributed by atoms with Crippen LogP contribution in [0.3, 0.4) is 0 Å². The van der Waals surface area contributed by atoms with Crippen molar-refractivity contribution in [2.75, 3.05) is 0 Å². The molecule has 10 atom stereocenters. The third-order valence-electron chi connectivity index (χ3n) is 7.14. The van der Waals surface area contributed by atoms with Crippen LogP contribution in [0.15, 0.2) is 45.6 Å². The standard InChI is InChI=1S/C27H26O18/c28-8-4-9(29)15-10(30)6-12(41-14(15)5-8)7-1-2-11(42-26-20(35)16(31)18(33)22(44-26)24(37)38)13(3-7)43-27-21(36)17(32)19(34)23(45-27)25(39)40/h1-6,16-23,26-29,31-36H,(H,37,38)(H,39,40)/t16?,17-,18+,19+,20?,21?,22?,23?,26+,27+/m0/s1.